The van der Waals surface area contributed by atoms with Crippen molar-refractivity contribution < 1.29 is 13.2 Å². The summed E-state index contributed by atoms with van der Waals surface area (Å²) < 4.78 is 35.5. The van der Waals surface area contributed by atoms with E-state index < -0.39 is 10.0 Å². The largest absolute Gasteiger partial charge is 0.494 e. The van der Waals surface area contributed by atoms with E-state index in [1.54, 1.807) is 34.8 Å². The number of benzene rings is 1. The SMILES string of the molecule is CCOc1ccc(S(=O)(=O)N2CC[C@@H](c3nc4ccncc4n3CC(C)C)C2)cc1. The average Bonchev–Trinajstić information content (AvgIpc) is 3.34. The van der Waals surface area contributed by atoms with E-state index in [0.29, 0.717) is 36.3 Å². The van der Waals surface area contributed by atoms with Gasteiger partial charge in [0.05, 0.1) is 28.7 Å². The fourth-order valence-corrected chi connectivity index (χ4v) is 5.54. The lowest BCUT2D eigenvalue weighted by Crippen LogP contribution is -2.29. The number of nitrogens with zero attached hydrogens (tertiary/aromatic N) is 4. The van der Waals surface area contributed by atoms with E-state index in [2.05, 4.69) is 23.4 Å². The molecule has 3 aromatic rings. The van der Waals surface area contributed by atoms with Crippen molar-refractivity contribution in [2.24, 2.45) is 5.92 Å². The Morgan fingerprint density at radius 2 is 1.97 bits per heavy atom. The molecular weight excluding hydrogens is 400 g/mol. The maximum absolute atomic E-state index is 13.2. The molecule has 7 nitrogen and oxygen atoms in total. The summed E-state index contributed by atoms with van der Waals surface area (Å²) in [5.41, 5.74) is 1.92. The van der Waals surface area contributed by atoms with E-state index in [1.807, 2.05) is 19.2 Å². The van der Waals surface area contributed by atoms with Gasteiger partial charge in [-0.05, 0) is 49.6 Å². The lowest BCUT2D eigenvalue weighted by atomic mass is 10.1. The molecule has 30 heavy (non-hydrogen) atoms. The highest BCUT2D eigenvalue weighted by Gasteiger charge is 2.35. The predicted molar refractivity (Wildman–Crippen MR) is 116 cm³/mol. The van der Waals surface area contributed by atoms with E-state index in [1.165, 1.54) is 0 Å². The van der Waals surface area contributed by atoms with Gasteiger partial charge in [-0.2, -0.15) is 4.31 Å². The van der Waals surface area contributed by atoms with Gasteiger partial charge in [0.25, 0.3) is 0 Å². The minimum atomic E-state index is -3.55. The average molecular weight is 429 g/mol. The third kappa shape index (κ3) is 3.94. The summed E-state index contributed by atoms with van der Waals surface area (Å²) in [4.78, 5) is 9.41. The standard InChI is InChI=1S/C22H28N4O3S/c1-4-29-18-5-7-19(8-6-18)30(27,28)25-12-10-17(15-25)22-24-20-9-11-23-13-21(20)26(22)14-16(2)3/h5-9,11,13,16-17H,4,10,12,14-15H2,1-3H3/t17-/m1/s1. The van der Waals surface area contributed by atoms with E-state index >= 15 is 0 Å². The number of pyridine rings is 1. The number of fused-ring (bicyclic) bond motifs is 1. The van der Waals surface area contributed by atoms with Gasteiger partial charge in [0.2, 0.25) is 10.0 Å². The maximum atomic E-state index is 13.2. The minimum absolute atomic E-state index is 0.0635. The van der Waals surface area contributed by atoms with Gasteiger partial charge in [-0.25, -0.2) is 13.4 Å². The number of rotatable bonds is 7. The van der Waals surface area contributed by atoms with Gasteiger partial charge in [0.1, 0.15) is 11.6 Å². The topological polar surface area (TPSA) is 77.3 Å². The van der Waals surface area contributed by atoms with E-state index in [0.717, 1.165) is 29.8 Å². The first-order valence-corrected chi connectivity index (χ1v) is 11.9. The molecule has 0 amide bonds. The van der Waals surface area contributed by atoms with Crippen LogP contribution in [-0.2, 0) is 16.6 Å². The quantitative estimate of drug-likeness (QED) is 0.574. The highest BCUT2D eigenvalue weighted by atomic mass is 32.2. The zero-order valence-corrected chi connectivity index (χ0v) is 18.5. The molecule has 0 unspecified atom stereocenters. The molecule has 1 aromatic carbocycles. The Morgan fingerprint density at radius 1 is 1.20 bits per heavy atom. The van der Waals surface area contributed by atoms with Crippen LogP contribution in [0.4, 0.5) is 0 Å². The van der Waals surface area contributed by atoms with Crippen molar-refractivity contribution in [2.75, 3.05) is 19.7 Å². The van der Waals surface area contributed by atoms with Crippen molar-refractivity contribution in [3.63, 3.8) is 0 Å². The molecule has 1 aliphatic rings. The van der Waals surface area contributed by atoms with Gasteiger partial charge in [0, 0.05) is 31.7 Å². The molecule has 1 fully saturated rings. The summed E-state index contributed by atoms with van der Waals surface area (Å²) in [7, 11) is -3.55. The Labute approximate surface area is 177 Å². The van der Waals surface area contributed by atoms with Gasteiger partial charge >= 0.3 is 0 Å². The second kappa shape index (κ2) is 8.35. The Kier molecular flexibility index (Phi) is 5.79. The molecule has 1 atom stereocenters. The van der Waals surface area contributed by atoms with Crippen molar-refractivity contribution in [1.29, 1.82) is 0 Å². The second-order valence-corrected chi connectivity index (χ2v) is 10.0. The first-order chi connectivity index (χ1) is 14.4. The van der Waals surface area contributed by atoms with Crippen LogP contribution in [0.3, 0.4) is 0 Å². The zero-order chi connectivity index (χ0) is 21.3. The minimum Gasteiger partial charge on any atom is -0.494 e. The van der Waals surface area contributed by atoms with Crippen LogP contribution >= 0.6 is 0 Å². The highest BCUT2D eigenvalue weighted by Crippen LogP contribution is 2.33. The molecule has 2 aromatic heterocycles. The number of sulfonamides is 1. The van der Waals surface area contributed by atoms with E-state index in [9.17, 15) is 8.42 Å². The van der Waals surface area contributed by atoms with Gasteiger partial charge < -0.3 is 9.30 Å². The van der Waals surface area contributed by atoms with Crippen LogP contribution in [0, 0.1) is 5.92 Å². The van der Waals surface area contributed by atoms with Crippen LogP contribution in [0.25, 0.3) is 11.0 Å². The lowest BCUT2D eigenvalue weighted by Gasteiger charge is -2.18. The molecule has 4 rings (SSSR count). The van der Waals surface area contributed by atoms with E-state index in [4.69, 9.17) is 9.72 Å². The van der Waals surface area contributed by atoms with Gasteiger partial charge in [-0.1, -0.05) is 13.8 Å². The molecule has 1 aliphatic heterocycles. The van der Waals surface area contributed by atoms with Gasteiger partial charge in [-0.15, -0.1) is 0 Å². The van der Waals surface area contributed by atoms with Crippen molar-refractivity contribution in [1.82, 2.24) is 18.8 Å². The smallest absolute Gasteiger partial charge is 0.243 e. The van der Waals surface area contributed by atoms with Crippen LogP contribution < -0.4 is 4.74 Å². The van der Waals surface area contributed by atoms with Gasteiger partial charge in [-0.3, -0.25) is 4.98 Å². The number of hydrogen-bond acceptors (Lipinski definition) is 5. The predicted octanol–water partition coefficient (Wildman–Crippen LogP) is 3.66. The molecule has 0 bridgehead atoms. The molecule has 0 N–H and O–H groups in total. The second-order valence-electron chi connectivity index (χ2n) is 8.09. The molecule has 0 saturated carbocycles. The number of aromatic nitrogens is 3. The molecule has 8 heteroatoms. The fourth-order valence-electron chi connectivity index (χ4n) is 4.04. The third-order valence-electron chi connectivity index (χ3n) is 5.42. The molecule has 0 spiro atoms. The monoisotopic (exact) mass is 428 g/mol. The van der Waals surface area contributed by atoms with Crippen LogP contribution in [0.1, 0.15) is 38.9 Å². The third-order valence-corrected chi connectivity index (χ3v) is 7.30. The van der Waals surface area contributed by atoms with Crippen molar-refractivity contribution in [3.8, 4) is 5.75 Å². The summed E-state index contributed by atoms with van der Waals surface area (Å²) in [6, 6.07) is 8.57. The number of ether oxygens (including phenoxy) is 1. The van der Waals surface area contributed by atoms with Gasteiger partial charge in [0.15, 0.2) is 0 Å². The van der Waals surface area contributed by atoms with Crippen molar-refractivity contribution in [3.05, 3.63) is 48.5 Å². The van der Waals surface area contributed by atoms with E-state index in [-0.39, 0.29) is 5.92 Å². The van der Waals surface area contributed by atoms with Crippen molar-refractivity contribution in [2.45, 2.75) is 44.6 Å². The molecule has 0 aliphatic carbocycles. The van der Waals surface area contributed by atoms with Crippen molar-refractivity contribution >= 4 is 21.1 Å². The first-order valence-electron chi connectivity index (χ1n) is 10.4. The lowest BCUT2D eigenvalue weighted by molar-refractivity contribution is 0.340. The number of hydrogen-bond donors (Lipinski definition) is 0. The molecular formula is C22H28N4O3S. The summed E-state index contributed by atoms with van der Waals surface area (Å²) in [5.74, 6) is 2.14. The summed E-state index contributed by atoms with van der Waals surface area (Å²) in [6.07, 6.45) is 4.35. The van der Waals surface area contributed by atoms with Crippen LogP contribution in [0.15, 0.2) is 47.6 Å². The summed E-state index contributed by atoms with van der Waals surface area (Å²) >= 11 is 0. The molecule has 160 valence electrons. The van der Waals surface area contributed by atoms with Crippen LogP contribution in [0.2, 0.25) is 0 Å². The molecule has 0 radical (unpaired) electrons. The number of imidazole rings is 1. The Hall–Kier alpha value is -2.45. The maximum Gasteiger partial charge on any atom is 0.243 e. The Morgan fingerprint density at radius 3 is 2.67 bits per heavy atom. The normalized spacial score (nSPS) is 17.8. The summed E-state index contributed by atoms with van der Waals surface area (Å²) in [5, 5.41) is 0. The zero-order valence-electron chi connectivity index (χ0n) is 17.7. The van der Waals surface area contributed by atoms with Crippen LogP contribution in [-0.4, -0.2) is 47.0 Å². The van der Waals surface area contributed by atoms with Crippen LogP contribution in [0.5, 0.6) is 5.75 Å². The molecule has 3 heterocycles. The summed E-state index contributed by atoms with van der Waals surface area (Å²) in [6.45, 7) is 8.55. The Bertz CT molecular complexity index is 1120. The Balaban J connectivity index is 1.60. The molecule has 1 saturated heterocycles. The first kappa shape index (κ1) is 20.8. The fraction of sp³-hybridized carbons (Fsp3) is 0.455. The highest BCUT2D eigenvalue weighted by molar-refractivity contribution is 7.89.